The maximum atomic E-state index is 12.8. The van der Waals surface area contributed by atoms with Crippen molar-refractivity contribution in [3.05, 3.63) is 61.5 Å². The van der Waals surface area contributed by atoms with Crippen molar-refractivity contribution in [3.8, 4) is 0 Å². The molecular formula is C19H17ClN2OS. The molecule has 3 nitrogen and oxygen atoms in total. The van der Waals surface area contributed by atoms with Crippen molar-refractivity contribution in [3.63, 3.8) is 0 Å². The normalized spacial score (nSPS) is 14.4. The van der Waals surface area contributed by atoms with E-state index in [2.05, 4.69) is 0 Å². The quantitative estimate of drug-likeness (QED) is 0.667. The van der Waals surface area contributed by atoms with Crippen LogP contribution < -0.4 is 5.56 Å². The maximum Gasteiger partial charge on any atom is 0.262 e. The number of nitrogens with zero attached hydrogens (tertiary/aromatic N) is 2. The van der Waals surface area contributed by atoms with E-state index in [0.29, 0.717) is 10.8 Å². The number of benzene rings is 1. The molecule has 24 heavy (non-hydrogen) atoms. The van der Waals surface area contributed by atoms with Crippen LogP contribution in [0.5, 0.6) is 0 Å². The highest BCUT2D eigenvalue weighted by Gasteiger charge is 2.20. The Morgan fingerprint density at radius 2 is 2.08 bits per heavy atom. The number of thiophene rings is 1. The van der Waals surface area contributed by atoms with Crippen LogP contribution in [0.3, 0.4) is 0 Å². The summed E-state index contributed by atoms with van der Waals surface area (Å²) in [6.07, 6.45) is 8.27. The molecule has 2 aromatic heterocycles. The van der Waals surface area contributed by atoms with Gasteiger partial charge in [-0.25, -0.2) is 4.98 Å². The summed E-state index contributed by atoms with van der Waals surface area (Å²) < 4.78 is 1.64. The Kier molecular flexibility index (Phi) is 4.02. The van der Waals surface area contributed by atoms with E-state index in [1.54, 1.807) is 23.0 Å². The van der Waals surface area contributed by atoms with E-state index in [0.717, 1.165) is 28.6 Å². The van der Waals surface area contributed by atoms with Gasteiger partial charge in [0, 0.05) is 16.9 Å². The third-order valence-corrected chi connectivity index (χ3v) is 5.93. The molecule has 1 aromatic carbocycles. The Balaban J connectivity index is 1.82. The first-order valence-corrected chi connectivity index (χ1v) is 9.28. The summed E-state index contributed by atoms with van der Waals surface area (Å²) in [4.78, 5) is 19.8. The Labute approximate surface area is 149 Å². The van der Waals surface area contributed by atoms with E-state index in [4.69, 9.17) is 16.6 Å². The average Bonchev–Trinajstić information content (AvgIpc) is 2.95. The van der Waals surface area contributed by atoms with E-state index < -0.39 is 0 Å². The number of hydrogen-bond donors (Lipinski definition) is 0. The lowest BCUT2D eigenvalue weighted by Gasteiger charge is -2.10. The Bertz CT molecular complexity index is 1020. The monoisotopic (exact) mass is 356 g/mol. The molecule has 5 heteroatoms. The first-order valence-electron chi connectivity index (χ1n) is 8.08. The van der Waals surface area contributed by atoms with Gasteiger partial charge in [-0.1, -0.05) is 29.8 Å². The highest BCUT2D eigenvalue weighted by Crippen LogP contribution is 2.33. The summed E-state index contributed by atoms with van der Waals surface area (Å²) in [6, 6.07) is 7.61. The molecule has 0 bridgehead atoms. The van der Waals surface area contributed by atoms with Gasteiger partial charge in [0.1, 0.15) is 10.7 Å². The number of rotatable bonds is 2. The second kappa shape index (κ2) is 6.19. The van der Waals surface area contributed by atoms with Crippen LogP contribution in [0.4, 0.5) is 0 Å². The van der Waals surface area contributed by atoms with Gasteiger partial charge in [-0.2, -0.15) is 0 Å². The molecule has 0 aliphatic heterocycles. The van der Waals surface area contributed by atoms with Crippen LogP contribution in [0.15, 0.2) is 29.1 Å². The van der Waals surface area contributed by atoms with Gasteiger partial charge >= 0.3 is 0 Å². The van der Waals surface area contributed by atoms with Gasteiger partial charge in [-0.05, 0) is 55.0 Å². The molecule has 122 valence electrons. The molecule has 0 atom stereocenters. The molecule has 0 saturated heterocycles. The van der Waals surface area contributed by atoms with Crippen LogP contribution in [0.25, 0.3) is 22.4 Å². The fourth-order valence-electron chi connectivity index (χ4n) is 3.23. The summed E-state index contributed by atoms with van der Waals surface area (Å²) >= 11 is 7.70. The molecule has 0 spiro atoms. The highest BCUT2D eigenvalue weighted by atomic mass is 35.5. The van der Waals surface area contributed by atoms with Crippen LogP contribution in [-0.2, 0) is 19.9 Å². The molecule has 4 rings (SSSR count). The number of aromatic nitrogens is 2. The SMILES string of the molecule is Cn1c(C=Cc2cccc(Cl)c2)nc2sc3c(c2c1=O)CCCC3. The molecule has 2 heterocycles. The average molecular weight is 357 g/mol. The largest absolute Gasteiger partial charge is 0.296 e. The predicted molar refractivity (Wildman–Crippen MR) is 102 cm³/mol. The lowest BCUT2D eigenvalue weighted by molar-refractivity contribution is 0.699. The van der Waals surface area contributed by atoms with Gasteiger partial charge < -0.3 is 0 Å². The van der Waals surface area contributed by atoms with Crippen LogP contribution in [0, 0.1) is 0 Å². The Morgan fingerprint density at radius 3 is 2.92 bits per heavy atom. The van der Waals surface area contributed by atoms with E-state index in [1.165, 1.54) is 23.3 Å². The summed E-state index contributed by atoms with van der Waals surface area (Å²) in [7, 11) is 1.79. The Morgan fingerprint density at radius 1 is 1.25 bits per heavy atom. The first-order chi connectivity index (χ1) is 11.6. The lowest BCUT2D eigenvalue weighted by Crippen LogP contribution is -2.21. The van der Waals surface area contributed by atoms with Crippen LogP contribution in [0.2, 0.25) is 5.02 Å². The van der Waals surface area contributed by atoms with Crippen molar-refractivity contribution in [1.82, 2.24) is 9.55 Å². The Hall–Kier alpha value is -1.91. The van der Waals surface area contributed by atoms with Crippen LogP contribution >= 0.6 is 22.9 Å². The second-order valence-electron chi connectivity index (χ2n) is 6.11. The van der Waals surface area contributed by atoms with Crippen molar-refractivity contribution < 1.29 is 0 Å². The van der Waals surface area contributed by atoms with Crippen LogP contribution in [0.1, 0.15) is 34.7 Å². The van der Waals surface area contributed by atoms with Crippen molar-refractivity contribution in [2.24, 2.45) is 7.05 Å². The maximum absolute atomic E-state index is 12.8. The zero-order valence-electron chi connectivity index (χ0n) is 13.4. The van der Waals surface area contributed by atoms with Gasteiger partial charge in [-0.15, -0.1) is 11.3 Å². The second-order valence-corrected chi connectivity index (χ2v) is 7.63. The first kappa shape index (κ1) is 15.6. The van der Waals surface area contributed by atoms with Crippen LogP contribution in [-0.4, -0.2) is 9.55 Å². The van der Waals surface area contributed by atoms with Gasteiger partial charge in [0.2, 0.25) is 0 Å². The van der Waals surface area contributed by atoms with Gasteiger partial charge in [0.15, 0.2) is 0 Å². The number of fused-ring (bicyclic) bond motifs is 3. The molecule has 1 aliphatic rings. The van der Waals surface area contributed by atoms with Gasteiger partial charge in [0.25, 0.3) is 5.56 Å². The third-order valence-electron chi connectivity index (χ3n) is 4.50. The summed E-state index contributed by atoms with van der Waals surface area (Å²) in [6.45, 7) is 0. The van der Waals surface area contributed by atoms with Crippen molar-refractivity contribution in [2.45, 2.75) is 25.7 Å². The highest BCUT2D eigenvalue weighted by molar-refractivity contribution is 7.18. The van der Waals surface area contributed by atoms with E-state index >= 15 is 0 Å². The number of halogens is 1. The van der Waals surface area contributed by atoms with E-state index in [1.807, 2.05) is 36.4 Å². The van der Waals surface area contributed by atoms with Gasteiger partial charge in [0.05, 0.1) is 5.39 Å². The molecule has 0 unspecified atom stereocenters. The molecule has 3 aromatic rings. The molecular weight excluding hydrogens is 340 g/mol. The molecule has 0 saturated carbocycles. The molecule has 0 N–H and O–H groups in total. The molecule has 0 amide bonds. The minimum atomic E-state index is 0.0603. The van der Waals surface area contributed by atoms with E-state index in [-0.39, 0.29) is 5.56 Å². The smallest absolute Gasteiger partial charge is 0.262 e. The number of aryl methyl sites for hydroxylation is 2. The predicted octanol–water partition coefficient (Wildman–Crippen LogP) is 4.70. The lowest BCUT2D eigenvalue weighted by atomic mass is 9.97. The zero-order chi connectivity index (χ0) is 16.7. The van der Waals surface area contributed by atoms with Crippen molar-refractivity contribution in [1.29, 1.82) is 0 Å². The summed E-state index contributed by atoms with van der Waals surface area (Å²) in [5.74, 6) is 0.672. The summed E-state index contributed by atoms with van der Waals surface area (Å²) in [5, 5.41) is 1.53. The summed E-state index contributed by atoms with van der Waals surface area (Å²) in [5.41, 5.74) is 2.28. The molecule has 1 aliphatic carbocycles. The van der Waals surface area contributed by atoms with Crippen molar-refractivity contribution in [2.75, 3.05) is 0 Å². The minimum Gasteiger partial charge on any atom is -0.296 e. The van der Waals surface area contributed by atoms with E-state index in [9.17, 15) is 4.79 Å². The van der Waals surface area contributed by atoms with Crippen molar-refractivity contribution >= 4 is 45.3 Å². The molecule has 0 radical (unpaired) electrons. The standard InChI is InChI=1S/C19H17ClN2OS/c1-22-16(10-9-12-5-4-6-13(20)11-12)21-18-17(19(22)23)14-7-2-3-8-15(14)24-18/h4-6,9-11H,2-3,7-8H2,1H3. The zero-order valence-corrected chi connectivity index (χ0v) is 15.0. The minimum absolute atomic E-state index is 0.0603. The third kappa shape index (κ3) is 2.70. The fourth-order valence-corrected chi connectivity index (χ4v) is 4.69. The number of hydrogen-bond acceptors (Lipinski definition) is 3. The topological polar surface area (TPSA) is 34.9 Å². The van der Waals surface area contributed by atoms with Gasteiger partial charge in [-0.3, -0.25) is 9.36 Å². The fraction of sp³-hybridized carbons (Fsp3) is 0.263. The molecule has 0 fully saturated rings.